The number of carbonyl (C=O) groups is 4. The molecule has 1 N–H and O–H groups in total. The smallest absolute Gasteiger partial charge is 0.232 e. The Kier molecular flexibility index (Phi) is 10.9. The second-order valence-corrected chi connectivity index (χ2v) is 15.5. The van der Waals surface area contributed by atoms with Crippen LogP contribution in [0.3, 0.4) is 0 Å². The van der Waals surface area contributed by atoms with Crippen LogP contribution in [0, 0.1) is 0 Å². The molecule has 0 spiro atoms. The first-order valence-electron chi connectivity index (χ1n) is 13.2. The Morgan fingerprint density at radius 1 is 0.756 bits per heavy atom. The lowest BCUT2D eigenvalue weighted by Crippen LogP contribution is -2.25. The number of nitrogens with one attached hydrogen (secondary N) is 1. The Hall–Kier alpha value is -3.34. The molecule has 0 unspecified atom stereocenters. The summed E-state index contributed by atoms with van der Waals surface area (Å²) in [5, 5.41) is 0.961. The van der Waals surface area contributed by atoms with E-state index in [2.05, 4.69) is 36.6 Å². The minimum absolute atomic E-state index is 0.00194. The van der Waals surface area contributed by atoms with Crippen molar-refractivity contribution >= 4 is 108 Å². The topological polar surface area (TPSA) is 178 Å². The van der Waals surface area contributed by atoms with Crippen molar-refractivity contribution in [1.82, 2.24) is 0 Å². The van der Waals surface area contributed by atoms with E-state index >= 15 is 0 Å². The lowest BCUT2D eigenvalue weighted by molar-refractivity contribution is 0.0952. The van der Waals surface area contributed by atoms with Crippen LogP contribution in [0.15, 0.2) is 42.0 Å². The second-order valence-electron chi connectivity index (χ2n) is 10.0. The lowest BCUT2D eigenvalue weighted by atomic mass is 10.0. The Morgan fingerprint density at radius 3 is 1.56 bits per heavy atom. The van der Waals surface area contributed by atoms with Crippen LogP contribution < -0.4 is 9.03 Å². The molecule has 4 rings (SSSR count). The third-order valence-corrected chi connectivity index (χ3v) is 9.58. The summed E-state index contributed by atoms with van der Waals surface area (Å²) in [4.78, 5) is 47.7. The zero-order valence-corrected chi connectivity index (χ0v) is 30.1. The molecule has 0 atom stereocenters. The van der Waals surface area contributed by atoms with Crippen LogP contribution in [0.5, 0.6) is 0 Å². The molecule has 2 aromatic carbocycles. The molecule has 0 saturated carbocycles. The van der Waals surface area contributed by atoms with Crippen molar-refractivity contribution in [3.8, 4) is 0 Å². The average Bonchev–Trinajstić information content (AvgIpc) is 3.49. The van der Waals surface area contributed by atoms with E-state index in [0.29, 0.717) is 31.0 Å². The molecule has 2 heterocycles. The van der Waals surface area contributed by atoms with Gasteiger partial charge in [-0.25, -0.2) is 16.8 Å². The molecule has 0 bridgehead atoms. The second kappa shape index (κ2) is 13.6. The van der Waals surface area contributed by atoms with E-state index in [-0.39, 0.29) is 69.9 Å². The molecule has 0 aliphatic rings. The van der Waals surface area contributed by atoms with Gasteiger partial charge in [0.25, 0.3) is 0 Å². The minimum atomic E-state index is -3.46. The van der Waals surface area contributed by atoms with Crippen LogP contribution in [0.2, 0.25) is 0 Å². The van der Waals surface area contributed by atoms with E-state index in [1.807, 2.05) is 0 Å². The molecule has 0 aliphatic heterocycles. The standard InChI is InChI=1S/C15H16BrNO5S.C14H14BrNO5S/c1-5-12(19)14-9-6-10(16)11(17(3)23(4,20)21)7-13(9)22-15(14)8(2)18;1-4-11(18)13-8-5-9(15)10(16-22(3,19)20)6-12(8)21-14(13)7(2)17/h6-7H,5H2,1-4H3;5-6,16H,4H2,1-3H3. The van der Waals surface area contributed by atoms with Gasteiger partial charge in [-0.05, 0) is 44.0 Å². The molecule has 12 nitrogen and oxygen atoms in total. The molecule has 45 heavy (non-hydrogen) atoms. The van der Waals surface area contributed by atoms with Gasteiger partial charge in [-0.3, -0.25) is 28.2 Å². The van der Waals surface area contributed by atoms with Gasteiger partial charge in [0.1, 0.15) is 11.2 Å². The average molecular weight is 791 g/mol. The van der Waals surface area contributed by atoms with Gasteiger partial charge in [0.05, 0.1) is 35.0 Å². The lowest BCUT2D eigenvalue weighted by Gasteiger charge is -2.18. The number of fused-ring (bicyclic) bond motifs is 2. The number of anilines is 2. The predicted molar refractivity (Wildman–Crippen MR) is 179 cm³/mol. The summed E-state index contributed by atoms with van der Waals surface area (Å²) in [6.45, 7) is 6.03. The van der Waals surface area contributed by atoms with Crippen LogP contribution in [0.4, 0.5) is 11.4 Å². The summed E-state index contributed by atoms with van der Waals surface area (Å²) in [5.74, 6) is -1.14. The number of rotatable bonds is 10. The van der Waals surface area contributed by atoms with Gasteiger partial charge >= 0.3 is 0 Å². The maximum Gasteiger partial charge on any atom is 0.232 e. The van der Waals surface area contributed by atoms with Crippen molar-refractivity contribution in [2.75, 3.05) is 28.6 Å². The maximum absolute atomic E-state index is 12.2. The normalized spacial score (nSPS) is 11.7. The first-order chi connectivity index (χ1) is 20.7. The highest BCUT2D eigenvalue weighted by molar-refractivity contribution is 9.11. The van der Waals surface area contributed by atoms with Crippen molar-refractivity contribution in [1.29, 1.82) is 0 Å². The number of furan rings is 2. The van der Waals surface area contributed by atoms with Crippen molar-refractivity contribution in [3.63, 3.8) is 0 Å². The summed E-state index contributed by atoms with van der Waals surface area (Å²) in [6.07, 6.45) is 2.57. The van der Waals surface area contributed by atoms with Crippen LogP contribution in [-0.2, 0) is 20.0 Å². The number of nitrogens with zero attached hydrogens (tertiary/aromatic N) is 1. The summed E-state index contributed by atoms with van der Waals surface area (Å²) in [6, 6.07) is 6.12. The zero-order valence-electron chi connectivity index (χ0n) is 25.3. The molecule has 0 radical (unpaired) electrons. The molecule has 242 valence electrons. The number of sulfonamides is 2. The maximum atomic E-state index is 12.2. The molecule has 4 aromatic rings. The zero-order chi connectivity index (χ0) is 34.2. The Balaban J connectivity index is 0.000000246. The molecule has 2 aromatic heterocycles. The first kappa shape index (κ1) is 36.1. The number of Topliss-reactive ketones (excluding diaryl/α,β-unsaturated/α-hetero) is 4. The van der Waals surface area contributed by atoms with Crippen molar-refractivity contribution in [2.45, 2.75) is 40.5 Å². The third-order valence-electron chi connectivity index (χ3n) is 6.51. The van der Waals surface area contributed by atoms with E-state index < -0.39 is 20.0 Å². The largest absolute Gasteiger partial charge is 0.452 e. The van der Waals surface area contributed by atoms with Gasteiger partial charge in [0.15, 0.2) is 34.7 Å². The predicted octanol–water partition coefficient (Wildman–Crippen LogP) is 6.75. The van der Waals surface area contributed by atoms with Crippen molar-refractivity contribution in [2.24, 2.45) is 0 Å². The molecule has 16 heteroatoms. The van der Waals surface area contributed by atoms with E-state index in [1.165, 1.54) is 33.0 Å². The monoisotopic (exact) mass is 788 g/mol. The van der Waals surface area contributed by atoms with Crippen LogP contribution in [0.25, 0.3) is 21.9 Å². The summed E-state index contributed by atoms with van der Waals surface area (Å²) in [7, 11) is -5.51. The Labute approximate surface area is 276 Å². The Morgan fingerprint density at radius 2 is 1.18 bits per heavy atom. The summed E-state index contributed by atoms with van der Waals surface area (Å²) >= 11 is 6.57. The van der Waals surface area contributed by atoms with Gasteiger partial charge in [0, 0.05) is 65.6 Å². The fourth-order valence-corrected chi connectivity index (χ4v) is 6.70. The molecule has 0 saturated heterocycles. The van der Waals surface area contributed by atoms with E-state index in [9.17, 15) is 36.0 Å². The molecule has 0 fully saturated rings. The first-order valence-corrected chi connectivity index (χ1v) is 18.6. The number of carbonyl (C=O) groups excluding carboxylic acids is 4. The van der Waals surface area contributed by atoms with Gasteiger partial charge in [0.2, 0.25) is 20.0 Å². The van der Waals surface area contributed by atoms with Crippen molar-refractivity contribution in [3.05, 3.63) is 55.9 Å². The highest BCUT2D eigenvalue weighted by atomic mass is 79.9. The molecular weight excluding hydrogens is 760 g/mol. The van der Waals surface area contributed by atoms with E-state index in [0.717, 1.165) is 16.8 Å². The van der Waals surface area contributed by atoms with Gasteiger partial charge in [-0.2, -0.15) is 0 Å². The van der Waals surface area contributed by atoms with Crippen LogP contribution >= 0.6 is 31.9 Å². The van der Waals surface area contributed by atoms with Crippen molar-refractivity contribution < 1.29 is 44.8 Å². The van der Waals surface area contributed by atoms with Gasteiger partial charge in [-0.1, -0.05) is 13.8 Å². The van der Waals surface area contributed by atoms with Gasteiger partial charge in [-0.15, -0.1) is 0 Å². The number of hydrogen-bond acceptors (Lipinski definition) is 10. The molecule has 0 amide bonds. The molecule has 0 aliphatic carbocycles. The number of hydrogen-bond donors (Lipinski definition) is 1. The fourth-order valence-electron chi connectivity index (χ4n) is 4.32. The number of benzene rings is 2. The van der Waals surface area contributed by atoms with Crippen LogP contribution in [0.1, 0.15) is 82.4 Å². The van der Waals surface area contributed by atoms with E-state index in [4.69, 9.17) is 8.83 Å². The molecular formula is C29H30Br2N2O10S2. The highest BCUT2D eigenvalue weighted by Crippen LogP contribution is 2.37. The fraction of sp³-hybridized carbons (Fsp3) is 0.310. The summed E-state index contributed by atoms with van der Waals surface area (Å²) in [5.41, 5.74) is 1.67. The number of ketones is 4. The third kappa shape index (κ3) is 7.91. The van der Waals surface area contributed by atoms with Crippen LogP contribution in [-0.4, -0.2) is 59.5 Å². The number of halogens is 2. The summed E-state index contributed by atoms with van der Waals surface area (Å²) < 4.78 is 61.5. The van der Waals surface area contributed by atoms with Gasteiger partial charge < -0.3 is 8.83 Å². The SMILES string of the molecule is CCC(=O)c1c(C(C)=O)oc2cc(N(C)S(C)(=O)=O)c(Br)cc12.CCC(=O)c1c(C(C)=O)oc2cc(NS(C)(=O)=O)c(Br)cc12. The quantitative estimate of drug-likeness (QED) is 0.169. The van der Waals surface area contributed by atoms with E-state index in [1.54, 1.807) is 26.0 Å². The Bertz CT molecular complexity index is 2100. The highest BCUT2D eigenvalue weighted by Gasteiger charge is 2.26. The minimum Gasteiger partial charge on any atom is -0.452 e.